The van der Waals surface area contributed by atoms with Gasteiger partial charge < -0.3 is 4.90 Å². The second-order valence-electron chi connectivity index (χ2n) is 5.93. The number of allylic oxidation sites excluding steroid dienone is 1. The van der Waals surface area contributed by atoms with Crippen LogP contribution in [0.1, 0.15) is 31.9 Å². The number of aryl methyl sites for hydroxylation is 2. The van der Waals surface area contributed by atoms with E-state index in [4.69, 9.17) is 0 Å². The second kappa shape index (κ2) is 6.44. The second-order valence-corrected chi connectivity index (χ2v) is 5.93. The summed E-state index contributed by atoms with van der Waals surface area (Å²) in [6, 6.07) is 3.96. The van der Waals surface area contributed by atoms with Crippen LogP contribution in [0, 0.1) is 13.8 Å². The lowest BCUT2D eigenvalue weighted by atomic mass is 10.1. The minimum absolute atomic E-state index is 0.0453. The van der Waals surface area contributed by atoms with Gasteiger partial charge in [-0.05, 0) is 57.9 Å². The highest BCUT2D eigenvalue weighted by molar-refractivity contribution is 5.84. The maximum Gasteiger partial charge on any atom is 0.333 e. The highest BCUT2D eigenvalue weighted by Crippen LogP contribution is 2.21. The van der Waals surface area contributed by atoms with E-state index in [1.54, 1.807) is 21.0 Å². The Labute approximate surface area is 136 Å². The predicted octanol–water partition coefficient (Wildman–Crippen LogP) is 2.78. The van der Waals surface area contributed by atoms with Gasteiger partial charge in [0, 0.05) is 18.8 Å². The van der Waals surface area contributed by atoms with E-state index in [2.05, 4.69) is 6.58 Å². The number of rotatable bonds is 5. The van der Waals surface area contributed by atoms with Crippen molar-refractivity contribution in [2.75, 3.05) is 13.1 Å². The number of carbonyl (C=O) groups excluding carboxylic acids is 1. The molecule has 0 aliphatic heterocycles. The molecule has 1 aromatic heterocycles. The lowest BCUT2D eigenvalue weighted by Crippen LogP contribution is -2.36. The molecule has 0 saturated carbocycles. The van der Waals surface area contributed by atoms with E-state index in [9.17, 15) is 9.59 Å². The molecule has 0 aliphatic carbocycles. The highest BCUT2D eigenvalue weighted by atomic mass is 16.2. The molecule has 1 aromatic carbocycles. The first-order chi connectivity index (χ1) is 10.8. The molecule has 124 valence electrons. The van der Waals surface area contributed by atoms with Gasteiger partial charge in [-0.1, -0.05) is 6.58 Å². The summed E-state index contributed by atoms with van der Waals surface area (Å²) < 4.78 is 3.13. The molecule has 1 amide bonds. The quantitative estimate of drug-likeness (QED) is 0.852. The zero-order valence-electron chi connectivity index (χ0n) is 14.6. The van der Waals surface area contributed by atoms with Crippen molar-refractivity contribution in [3.05, 3.63) is 40.3 Å². The molecule has 2 rings (SSSR count). The number of amides is 1. The maximum absolute atomic E-state index is 12.8. The van der Waals surface area contributed by atoms with Crippen molar-refractivity contribution in [2.24, 2.45) is 0 Å². The van der Waals surface area contributed by atoms with E-state index in [1.807, 2.05) is 39.8 Å². The number of hydrogen-bond donors (Lipinski definition) is 0. The largest absolute Gasteiger partial charge is 0.342 e. The van der Waals surface area contributed by atoms with Crippen LogP contribution in [0.3, 0.4) is 0 Å². The van der Waals surface area contributed by atoms with Crippen LogP contribution in [0.2, 0.25) is 0 Å². The van der Waals surface area contributed by atoms with Crippen molar-refractivity contribution < 1.29 is 4.79 Å². The first kappa shape index (κ1) is 17.1. The Hall–Kier alpha value is -2.30. The number of hydrogen-bond acceptors (Lipinski definition) is 2. The van der Waals surface area contributed by atoms with Crippen LogP contribution in [0.25, 0.3) is 16.7 Å². The molecule has 0 atom stereocenters. The molecule has 1 heterocycles. The van der Waals surface area contributed by atoms with Gasteiger partial charge in [-0.3, -0.25) is 13.9 Å². The average molecular weight is 315 g/mol. The van der Waals surface area contributed by atoms with Crippen molar-refractivity contribution in [1.29, 1.82) is 0 Å². The molecular formula is C18H25N3O2. The molecule has 0 unspecified atom stereocenters. The Bertz CT molecular complexity index is 823. The fourth-order valence-corrected chi connectivity index (χ4v) is 2.84. The number of likely N-dealkylation sites (N-methyl/N-ethyl adjacent to an activating group) is 1. The van der Waals surface area contributed by atoms with Gasteiger partial charge in [-0.15, -0.1) is 0 Å². The van der Waals surface area contributed by atoms with Crippen LogP contribution < -0.4 is 5.69 Å². The van der Waals surface area contributed by atoms with Crippen LogP contribution >= 0.6 is 0 Å². The third-order valence-corrected chi connectivity index (χ3v) is 4.34. The molecular weight excluding hydrogens is 290 g/mol. The lowest BCUT2D eigenvalue weighted by Gasteiger charge is -2.18. The van der Waals surface area contributed by atoms with Gasteiger partial charge >= 0.3 is 5.69 Å². The average Bonchev–Trinajstić information content (AvgIpc) is 2.73. The van der Waals surface area contributed by atoms with Crippen LogP contribution in [0.15, 0.2) is 23.5 Å². The molecule has 5 nitrogen and oxygen atoms in total. The fourth-order valence-electron chi connectivity index (χ4n) is 2.84. The summed E-state index contributed by atoms with van der Waals surface area (Å²) in [5.41, 5.74) is 4.23. The van der Waals surface area contributed by atoms with E-state index >= 15 is 0 Å². The van der Waals surface area contributed by atoms with Gasteiger partial charge in [0.2, 0.25) is 5.91 Å². The minimum Gasteiger partial charge on any atom is -0.342 e. The molecule has 0 N–H and O–H groups in total. The monoisotopic (exact) mass is 315 g/mol. The summed E-state index contributed by atoms with van der Waals surface area (Å²) in [4.78, 5) is 27.0. The van der Waals surface area contributed by atoms with E-state index in [1.165, 1.54) is 0 Å². The van der Waals surface area contributed by atoms with Crippen molar-refractivity contribution in [1.82, 2.24) is 14.0 Å². The molecule has 0 saturated heterocycles. The normalized spacial score (nSPS) is 11.0. The number of fused-ring (bicyclic) bond motifs is 1. The van der Waals surface area contributed by atoms with Gasteiger partial charge in [-0.2, -0.15) is 0 Å². The highest BCUT2D eigenvalue weighted by Gasteiger charge is 2.19. The maximum atomic E-state index is 12.8. The summed E-state index contributed by atoms with van der Waals surface area (Å²) >= 11 is 0. The fraction of sp³-hybridized carbons (Fsp3) is 0.444. The Morgan fingerprint density at radius 2 is 1.65 bits per heavy atom. The summed E-state index contributed by atoms with van der Waals surface area (Å²) in [5.74, 6) is -0.0453. The van der Waals surface area contributed by atoms with Gasteiger partial charge in [-0.25, -0.2) is 4.79 Å². The van der Waals surface area contributed by atoms with Crippen molar-refractivity contribution in [3.63, 3.8) is 0 Å². The smallest absolute Gasteiger partial charge is 0.333 e. The SMILES string of the molecule is C=C(C)n1c(=O)n(CC(=O)N(CC)CC)c2cc(C)c(C)cc21. The first-order valence-corrected chi connectivity index (χ1v) is 7.97. The molecule has 0 radical (unpaired) electrons. The molecule has 0 bridgehead atoms. The van der Waals surface area contributed by atoms with Crippen LogP contribution in [0.4, 0.5) is 0 Å². The Morgan fingerprint density at radius 3 is 2.13 bits per heavy atom. The topological polar surface area (TPSA) is 47.2 Å². The minimum atomic E-state index is -0.210. The molecule has 5 heteroatoms. The van der Waals surface area contributed by atoms with Crippen LogP contribution in [-0.2, 0) is 11.3 Å². The van der Waals surface area contributed by atoms with Crippen LogP contribution in [0.5, 0.6) is 0 Å². The van der Waals surface area contributed by atoms with Gasteiger partial charge in [0.25, 0.3) is 0 Å². The number of nitrogens with zero attached hydrogens (tertiary/aromatic N) is 3. The summed E-state index contributed by atoms with van der Waals surface area (Å²) in [6.07, 6.45) is 0. The number of carbonyl (C=O) groups is 1. The number of benzene rings is 1. The lowest BCUT2D eigenvalue weighted by molar-refractivity contribution is -0.131. The molecule has 23 heavy (non-hydrogen) atoms. The molecule has 0 aliphatic rings. The van der Waals surface area contributed by atoms with Crippen molar-refractivity contribution >= 4 is 22.6 Å². The van der Waals surface area contributed by atoms with E-state index in [0.717, 1.165) is 22.2 Å². The Balaban J connectivity index is 2.66. The third-order valence-electron chi connectivity index (χ3n) is 4.34. The van der Waals surface area contributed by atoms with E-state index in [0.29, 0.717) is 18.8 Å². The zero-order valence-corrected chi connectivity index (χ0v) is 14.6. The molecule has 2 aromatic rings. The van der Waals surface area contributed by atoms with E-state index in [-0.39, 0.29) is 18.1 Å². The Morgan fingerprint density at radius 1 is 1.13 bits per heavy atom. The van der Waals surface area contributed by atoms with Crippen molar-refractivity contribution in [3.8, 4) is 0 Å². The number of aromatic nitrogens is 2. The molecule has 0 spiro atoms. The van der Waals surface area contributed by atoms with Gasteiger partial charge in [0.15, 0.2) is 0 Å². The molecule has 0 fully saturated rings. The third kappa shape index (κ3) is 2.96. The van der Waals surface area contributed by atoms with Crippen molar-refractivity contribution in [2.45, 2.75) is 41.2 Å². The van der Waals surface area contributed by atoms with E-state index < -0.39 is 0 Å². The summed E-state index contributed by atoms with van der Waals surface area (Å²) in [7, 11) is 0. The summed E-state index contributed by atoms with van der Waals surface area (Å²) in [6.45, 7) is 14.9. The Kier molecular flexibility index (Phi) is 4.78. The van der Waals surface area contributed by atoms with Crippen LogP contribution in [-0.4, -0.2) is 33.0 Å². The zero-order chi connectivity index (χ0) is 17.3. The van der Waals surface area contributed by atoms with Gasteiger partial charge in [0.1, 0.15) is 6.54 Å². The standard InChI is InChI=1S/C18H25N3O2/c1-7-19(8-2)17(22)11-20-15-9-13(5)14(6)10-16(15)21(12(3)4)18(20)23/h9-10H,3,7-8,11H2,1-2,4-6H3. The first-order valence-electron chi connectivity index (χ1n) is 7.97. The van der Waals surface area contributed by atoms with Gasteiger partial charge in [0.05, 0.1) is 11.0 Å². The predicted molar refractivity (Wildman–Crippen MR) is 94.6 cm³/mol. The number of imidazole rings is 1. The summed E-state index contributed by atoms with van der Waals surface area (Å²) in [5, 5.41) is 0.